The van der Waals surface area contributed by atoms with Crippen molar-refractivity contribution in [1.82, 2.24) is 4.90 Å². The summed E-state index contributed by atoms with van der Waals surface area (Å²) >= 11 is 12.3. The Morgan fingerprint density at radius 1 is 0.917 bits per heavy atom. The zero-order valence-corrected chi connectivity index (χ0v) is 21.3. The Morgan fingerprint density at radius 3 is 2.33 bits per heavy atom. The van der Waals surface area contributed by atoms with Crippen LogP contribution in [0.1, 0.15) is 19.4 Å². The molecule has 184 valence electrons. The van der Waals surface area contributed by atoms with E-state index < -0.39 is 16.9 Å². The van der Waals surface area contributed by atoms with Crippen LogP contribution in [-0.4, -0.2) is 17.5 Å². The summed E-state index contributed by atoms with van der Waals surface area (Å²) in [4.78, 5) is 40.0. The van der Waals surface area contributed by atoms with Crippen molar-refractivity contribution < 1.29 is 9.53 Å². The van der Waals surface area contributed by atoms with Crippen molar-refractivity contribution in [3.8, 4) is 22.6 Å². The molecule has 0 spiro atoms. The van der Waals surface area contributed by atoms with Gasteiger partial charge in [0.15, 0.2) is 0 Å². The summed E-state index contributed by atoms with van der Waals surface area (Å²) in [7, 11) is 0. The van der Waals surface area contributed by atoms with Gasteiger partial charge in [-0.25, -0.2) is 4.79 Å². The third kappa shape index (κ3) is 5.78. The minimum Gasteiger partial charge on any atom is -0.457 e. The number of halogens is 2. The molecule has 4 aromatic rings. The predicted molar refractivity (Wildman–Crippen MR) is 144 cm³/mol. The fourth-order valence-corrected chi connectivity index (χ4v) is 4.25. The number of hydrogen-bond acceptors (Lipinski definition) is 4. The summed E-state index contributed by atoms with van der Waals surface area (Å²) in [5, 5.41) is 3.63. The molecule has 0 fully saturated rings. The lowest BCUT2D eigenvalue weighted by Gasteiger charge is -2.26. The van der Waals surface area contributed by atoms with Crippen LogP contribution in [0.15, 0.2) is 82.4 Å². The number of hydrogen-bond donors (Lipinski definition) is 1. The molecular formula is C28H24Cl2N2O4. The third-order valence-corrected chi connectivity index (χ3v) is 5.93. The lowest BCUT2D eigenvalue weighted by Crippen LogP contribution is -2.43. The highest BCUT2D eigenvalue weighted by atomic mass is 35.5. The normalized spacial score (nSPS) is 11.0. The van der Waals surface area contributed by atoms with Gasteiger partial charge < -0.3 is 15.0 Å². The molecule has 0 saturated carbocycles. The van der Waals surface area contributed by atoms with E-state index >= 15 is 0 Å². The fraction of sp³-hybridized carbons (Fsp3) is 0.179. The zero-order chi connectivity index (χ0) is 25.8. The maximum absolute atomic E-state index is 13.3. The molecule has 0 aliphatic heterocycles. The van der Waals surface area contributed by atoms with Gasteiger partial charge in [0.25, 0.3) is 5.43 Å². The van der Waals surface area contributed by atoms with Crippen molar-refractivity contribution in [2.24, 2.45) is 5.92 Å². The van der Waals surface area contributed by atoms with Crippen LogP contribution in [0.4, 0.5) is 10.5 Å². The number of ether oxygens (including phenoxy) is 1. The highest BCUT2D eigenvalue weighted by Crippen LogP contribution is 2.37. The number of urea groups is 1. The molecule has 0 aliphatic carbocycles. The van der Waals surface area contributed by atoms with Gasteiger partial charge >= 0.3 is 6.03 Å². The summed E-state index contributed by atoms with van der Waals surface area (Å²) in [5.41, 5.74) is -0.219. The van der Waals surface area contributed by atoms with Crippen molar-refractivity contribution >= 4 is 34.9 Å². The SMILES string of the molecule is CC(C)CN(Cc1cccc(Cl)c1)C(=O)Nc1c(-c2ccc(Cl)cc2Oc2ccccc2)c(=O)c1=O. The Balaban J connectivity index is 1.65. The summed E-state index contributed by atoms with van der Waals surface area (Å²) in [5.74, 6) is 1.01. The second kappa shape index (κ2) is 11.0. The van der Waals surface area contributed by atoms with Crippen LogP contribution in [0.3, 0.4) is 0 Å². The van der Waals surface area contributed by atoms with Crippen molar-refractivity contribution in [3.63, 3.8) is 0 Å². The first kappa shape index (κ1) is 25.5. The number of amides is 2. The molecule has 2 amide bonds. The second-order valence-electron chi connectivity index (χ2n) is 8.80. The maximum Gasteiger partial charge on any atom is 0.322 e. The van der Waals surface area contributed by atoms with Gasteiger partial charge in [-0.3, -0.25) is 9.59 Å². The summed E-state index contributed by atoms with van der Waals surface area (Å²) < 4.78 is 5.96. The second-order valence-corrected chi connectivity index (χ2v) is 9.67. The van der Waals surface area contributed by atoms with E-state index in [9.17, 15) is 14.4 Å². The quantitative estimate of drug-likeness (QED) is 0.260. The molecule has 6 nitrogen and oxygen atoms in total. The summed E-state index contributed by atoms with van der Waals surface area (Å²) in [6.07, 6.45) is 0. The van der Waals surface area contributed by atoms with Crippen LogP contribution in [-0.2, 0) is 6.54 Å². The summed E-state index contributed by atoms with van der Waals surface area (Å²) in [6.45, 7) is 4.70. The predicted octanol–water partition coefficient (Wildman–Crippen LogP) is 6.74. The molecule has 0 atom stereocenters. The van der Waals surface area contributed by atoms with E-state index in [4.69, 9.17) is 27.9 Å². The van der Waals surface area contributed by atoms with E-state index in [2.05, 4.69) is 5.32 Å². The molecule has 1 N–H and O–H groups in total. The van der Waals surface area contributed by atoms with Crippen LogP contribution < -0.4 is 20.9 Å². The Kier molecular flexibility index (Phi) is 7.77. The van der Waals surface area contributed by atoms with Crippen molar-refractivity contribution in [2.75, 3.05) is 11.9 Å². The molecule has 0 heterocycles. The van der Waals surface area contributed by atoms with E-state index in [0.29, 0.717) is 40.2 Å². The Labute approximate surface area is 218 Å². The molecule has 0 aromatic heterocycles. The molecule has 4 aromatic carbocycles. The number of nitrogens with zero attached hydrogens (tertiary/aromatic N) is 1. The van der Waals surface area contributed by atoms with E-state index in [0.717, 1.165) is 5.56 Å². The highest BCUT2D eigenvalue weighted by molar-refractivity contribution is 6.31. The maximum atomic E-state index is 13.3. The van der Waals surface area contributed by atoms with Gasteiger partial charge in [0.05, 0.1) is 5.56 Å². The van der Waals surface area contributed by atoms with E-state index in [1.807, 2.05) is 44.2 Å². The van der Waals surface area contributed by atoms with Crippen LogP contribution in [0.5, 0.6) is 11.5 Å². The van der Waals surface area contributed by atoms with Gasteiger partial charge in [-0.15, -0.1) is 0 Å². The largest absolute Gasteiger partial charge is 0.457 e. The smallest absolute Gasteiger partial charge is 0.322 e. The molecule has 0 radical (unpaired) electrons. The molecule has 8 heteroatoms. The first-order valence-electron chi connectivity index (χ1n) is 11.4. The molecule has 4 rings (SSSR count). The van der Waals surface area contributed by atoms with Gasteiger partial charge in [-0.2, -0.15) is 0 Å². The average Bonchev–Trinajstić information content (AvgIpc) is 2.84. The highest BCUT2D eigenvalue weighted by Gasteiger charge is 2.28. The zero-order valence-electron chi connectivity index (χ0n) is 19.8. The van der Waals surface area contributed by atoms with Crippen LogP contribution in [0.2, 0.25) is 10.0 Å². The molecule has 0 saturated heterocycles. The minimum atomic E-state index is -0.758. The standard InChI is InChI=1S/C28H24Cl2N2O4/c1-17(2)15-32(16-18-7-6-8-19(29)13-18)28(35)31-25-24(26(33)27(25)34)22-12-11-20(30)14-23(22)36-21-9-4-3-5-10-21/h3-14,17H,15-16H2,1-2H3,(H,31,35). The number of carbonyl (C=O) groups excluding carboxylic acids is 1. The first-order chi connectivity index (χ1) is 17.2. The van der Waals surface area contributed by atoms with Gasteiger partial charge in [-0.1, -0.05) is 67.4 Å². The van der Waals surface area contributed by atoms with Crippen LogP contribution in [0.25, 0.3) is 11.1 Å². The van der Waals surface area contributed by atoms with Crippen LogP contribution >= 0.6 is 23.2 Å². The molecule has 0 aliphatic rings. The van der Waals surface area contributed by atoms with E-state index in [1.165, 1.54) is 0 Å². The number of anilines is 1. The van der Waals surface area contributed by atoms with Crippen molar-refractivity contribution in [1.29, 1.82) is 0 Å². The van der Waals surface area contributed by atoms with Crippen LogP contribution in [0, 0.1) is 5.92 Å². The fourth-order valence-electron chi connectivity index (χ4n) is 3.87. The summed E-state index contributed by atoms with van der Waals surface area (Å²) in [6, 6.07) is 20.5. The lowest BCUT2D eigenvalue weighted by molar-refractivity contribution is 0.201. The Morgan fingerprint density at radius 2 is 1.64 bits per heavy atom. The monoisotopic (exact) mass is 522 g/mol. The lowest BCUT2D eigenvalue weighted by atomic mass is 9.97. The first-order valence-corrected chi connectivity index (χ1v) is 12.1. The molecular weight excluding hydrogens is 499 g/mol. The number of rotatable bonds is 8. The van der Waals surface area contributed by atoms with Gasteiger partial charge in [0, 0.05) is 34.8 Å². The third-order valence-electron chi connectivity index (χ3n) is 5.46. The van der Waals surface area contributed by atoms with Gasteiger partial charge in [-0.05, 0) is 47.9 Å². The van der Waals surface area contributed by atoms with Gasteiger partial charge in [0.2, 0.25) is 5.43 Å². The Hall–Kier alpha value is -3.61. The molecule has 0 unspecified atom stereocenters. The number of carbonyl (C=O) groups is 1. The number of benzene rings is 3. The number of para-hydroxylation sites is 1. The van der Waals surface area contributed by atoms with Gasteiger partial charge in [0.1, 0.15) is 17.2 Å². The number of nitrogens with one attached hydrogen (secondary N) is 1. The Bertz CT molecular complexity index is 1460. The molecule has 36 heavy (non-hydrogen) atoms. The van der Waals surface area contributed by atoms with E-state index in [-0.39, 0.29) is 17.2 Å². The minimum absolute atomic E-state index is 0.0647. The van der Waals surface area contributed by atoms with Crippen molar-refractivity contribution in [2.45, 2.75) is 20.4 Å². The molecule has 0 bridgehead atoms. The van der Waals surface area contributed by atoms with Crippen molar-refractivity contribution in [3.05, 3.63) is 109 Å². The van der Waals surface area contributed by atoms with E-state index in [1.54, 1.807) is 47.4 Å². The average molecular weight is 523 g/mol. The topological polar surface area (TPSA) is 75.7 Å².